The smallest absolute Gasteiger partial charge is 0.336 e. The van der Waals surface area contributed by atoms with Crippen molar-refractivity contribution in [2.45, 2.75) is 29.0 Å². The number of carboxylic acid groups (broad SMARTS) is 1. The van der Waals surface area contributed by atoms with Crippen LogP contribution in [0, 0.1) is 0 Å². The molecule has 1 atom stereocenters. The van der Waals surface area contributed by atoms with Crippen molar-refractivity contribution >= 4 is 23.6 Å². The van der Waals surface area contributed by atoms with E-state index in [1.807, 2.05) is 30.3 Å². The van der Waals surface area contributed by atoms with Gasteiger partial charge in [-0.25, -0.2) is 4.79 Å². The van der Waals surface area contributed by atoms with Crippen molar-refractivity contribution in [1.29, 1.82) is 0 Å². The Morgan fingerprint density at radius 1 is 1.04 bits per heavy atom. The third-order valence-electron chi connectivity index (χ3n) is 3.63. The Hall–Kier alpha value is -2.27. The second-order valence-electron chi connectivity index (χ2n) is 5.49. The van der Waals surface area contributed by atoms with Crippen LogP contribution in [-0.2, 0) is 4.79 Å². The van der Waals surface area contributed by atoms with Gasteiger partial charge in [0.15, 0.2) is 0 Å². The minimum Gasteiger partial charge on any atom is -0.478 e. The van der Waals surface area contributed by atoms with Gasteiger partial charge in [0.1, 0.15) is 5.25 Å². The number of amides is 1. The molecule has 118 valence electrons. The largest absolute Gasteiger partial charge is 0.478 e. The summed E-state index contributed by atoms with van der Waals surface area (Å²) in [5.41, 5.74) is 1.09. The monoisotopic (exact) mass is 327 g/mol. The van der Waals surface area contributed by atoms with E-state index >= 15 is 0 Å². The van der Waals surface area contributed by atoms with Gasteiger partial charge in [0, 0.05) is 10.9 Å². The zero-order chi connectivity index (χ0) is 16.2. The first-order chi connectivity index (χ1) is 11.1. The highest BCUT2D eigenvalue weighted by atomic mass is 32.2. The summed E-state index contributed by atoms with van der Waals surface area (Å²) >= 11 is 1.28. The van der Waals surface area contributed by atoms with Gasteiger partial charge in [-0.3, -0.25) is 4.79 Å². The number of hydrogen-bond acceptors (Lipinski definition) is 3. The second-order valence-corrected chi connectivity index (χ2v) is 6.64. The molecule has 0 aromatic heterocycles. The Balaban J connectivity index is 1.89. The maximum atomic E-state index is 12.6. The number of hydrogen-bond donors (Lipinski definition) is 2. The number of rotatable bonds is 6. The molecule has 1 aliphatic carbocycles. The molecule has 0 saturated heterocycles. The van der Waals surface area contributed by atoms with Crippen LogP contribution in [0.15, 0.2) is 59.5 Å². The lowest BCUT2D eigenvalue weighted by Gasteiger charge is -2.18. The Labute approximate surface area is 138 Å². The topological polar surface area (TPSA) is 66.4 Å². The number of carboxylic acids is 1. The lowest BCUT2D eigenvalue weighted by molar-refractivity contribution is -0.120. The van der Waals surface area contributed by atoms with Crippen LogP contribution in [0.3, 0.4) is 0 Å². The maximum absolute atomic E-state index is 12.6. The SMILES string of the molecule is O=C(O)c1ccccc1S[C@@H](C(=O)NC1CC1)c1ccccc1. The van der Waals surface area contributed by atoms with E-state index in [0.717, 1.165) is 18.4 Å². The van der Waals surface area contributed by atoms with E-state index in [1.54, 1.807) is 24.3 Å². The van der Waals surface area contributed by atoms with E-state index in [0.29, 0.717) is 4.90 Å². The van der Waals surface area contributed by atoms with Crippen molar-refractivity contribution < 1.29 is 14.7 Å². The highest BCUT2D eigenvalue weighted by Gasteiger charge is 2.29. The average Bonchev–Trinajstić information content (AvgIpc) is 3.37. The molecule has 0 radical (unpaired) electrons. The van der Waals surface area contributed by atoms with Gasteiger partial charge in [0.05, 0.1) is 5.56 Å². The summed E-state index contributed by atoms with van der Waals surface area (Å²) in [7, 11) is 0. The fourth-order valence-electron chi connectivity index (χ4n) is 2.28. The van der Waals surface area contributed by atoms with Crippen LogP contribution < -0.4 is 5.32 Å². The summed E-state index contributed by atoms with van der Waals surface area (Å²) in [6, 6.07) is 16.5. The number of nitrogens with one attached hydrogen (secondary N) is 1. The molecule has 1 fully saturated rings. The van der Waals surface area contributed by atoms with Gasteiger partial charge in [0.2, 0.25) is 5.91 Å². The average molecular weight is 327 g/mol. The van der Waals surface area contributed by atoms with Crippen LogP contribution in [0.25, 0.3) is 0 Å². The van der Waals surface area contributed by atoms with E-state index in [4.69, 9.17) is 0 Å². The lowest BCUT2D eigenvalue weighted by atomic mass is 10.1. The van der Waals surface area contributed by atoms with E-state index in [2.05, 4.69) is 5.32 Å². The molecule has 4 nitrogen and oxygen atoms in total. The summed E-state index contributed by atoms with van der Waals surface area (Å²) in [6.07, 6.45) is 2.03. The fourth-order valence-corrected chi connectivity index (χ4v) is 3.44. The number of carbonyl (C=O) groups is 2. The number of benzene rings is 2. The molecule has 0 heterocycles. The van der Waals surface area contributed by atoms with Crippen molar-refractivity contribution in [2.75, 3.05) is 0 Å². The molecule has 5 heteroatoms. The molecule has 0 bridgehead atoms. The molecule has 0 unspecified atom stereocenters. The van der Waals surface area contributed by atoms with Gasteiger partial charge in [-0.2, -0.15) is 0 Å². The normalized spacial score (nSPS) is 15.0. The molecule has 1 saturated carbocycles. The van der Waals surface area contributed by atoms with Gasteiger partial charge >= 0.3 is 5.97 Å². The molecule has 23 heavy (non-hydrogen) atoms. The van der Waals surface area contributed by atoms with E-state index in [1.165, 1.54) is 11.8 Å². The fraction of sp³-hybridized carbons (Fsp3) is 0.222. The van der Waals surface area contributed by atoms with Crippen LogP contribution >= 0.6 is 11.8 Å². The van der Waals surface area contributed by atoms with Crippen molar-refractivity contribution in [1.82, 2.24) is 5.32 Å². The third kappa shape index (κ3) is 3.93. The summed E-state index contributed by atoms with van der Waals surface area (Å²) in [6.45, 7) is 0. The molecule has 1 aliphatic rings. The highest BCUT2D eigenvalue weighted by molar-refractivity contribution is 8.00. The van der Waals surface area contributed by atoms with E-state index in [9.17, 15) is 14.7 Å². The Morgan fingerprint density at radius 2 is 1.70 bits per heavy atom. The molecule has 2 N–H and O–H groups in total. The quantitative estimate of drug-likeness (QED) is 0.797. The van der Waals surface area contributed by atoms with Crippen molar-refractivity contribution in [2.24, 2.45) is 0 Å². The van der Waals surface area contributed by atoms with Crippen LogP contribution in [0.1, 0.15) is 34.0 Å². The van der Waals surface area contributed by atoms with Gasteiger partial charge < -0.3 is 10.4 Å². The predicted octanol–water partition coefficient (Wildman–Crippen LogP) is 3.50. The van der Waals surface area contributed by atoms with Gasteiger partial charge in [-0.1, -0.05) is 42.5 Å². The second kappa shape index (κ2) is 6.87. The zero-order valence-corrected chi connectivity index (χ0v) is 13.3. The summed E-state index contributed by atoms with van der Waals surface area (Å²) in [5, 5.41) is 11.9. The predicted molar refractivity (Wildman–Crippen MR) is 89.6 cm³/mol. The van der Waals surface area contributed by atoms with Crippen LogP contribution in [-0.4, -0.2) is 23.0 Å². The highest BCUT2D eigenvalue weighted by Crippen LogP contribution is 2.38. The zero-order valence-electron chi connectivity index (χ0n) is 12.4. The first kappa shape index (κ1) is 15.6. The molecule has 0 aliphatic heterocycles. The molecule has 1 amide bonds. The van der Waals surface area contributed by atoms with Gasteiger partial charge in [-0.15, -0.1) is 11.8 Å². The standard InChI is InChI=1S/C18H17NO3S/c20-17(19-13-10-11-13)16(12-6-2-1-3-7-12)23-15-9-5-4-8-14(15)18(21)22/h1-9,13,16H,10-11H2,(H,19,20)(H,21,22)/t16-/m1/s1. The third-order valence-corrected chi connectivity index (χ3v) is 4.96. The number of aromatic carboxylic acids is 1. The first-order valence-electron chi connectivity index (χ1n) is 7.49. The Kier molecular flexibility index (Phi) is 4.67. The van der Waals surface area contributed by atoms with E-state index < -0.39 is 11.2 Å². The van der Waals surface area contributed by atoms with Crippen molar-refractivity contribution in [3.63, 3.8) is 0 Å². The minimum atomic E-state index is -0.984. The van der Waals surface area contributed by atoms with Gasteiger partial charge in [0.25, 0.3) is 0 Å². The van der Waals surface area contributed by atoms with Crippen LogP contribution in [0.2, 0.25) is 0 Å². The maximum Gasteiger partial charge on any atom is 0.336 e. The Morgan fingerprint density at radius 3 is 2.35 bits per heavy atom. The van der Waals surface area contributed by atoms with Crippen molar-refractivity contribution in [3.8, 4) is 0 Å². The molecule has 0 spiro atoms. The van der Waals surface area contributed by atoms with Crippen LogP contribution in [0.5, 0.6) is 0 Å². The molecule has 2 aromatic rings. The van der Waals surface area contributed by atoms with Gasteiger partial charge in [-0.05, 0) is 30.5 Å². The summed E-state index contributed by atoms with van der Waals surface area (Å²) < 4.78 is 0. The van der Waals surface area contributed by atoms with Crippen LogP contribution in [0.4, 0.5) is 0 Å². The number of carbonyl (C=O) groups excluding carboxylic acids is 1. The molecule has 3 rings (SSSR count). The summed E-state index contributed by atoms with van der Waals surface area (Å²) in [5.74, 6) is -1.05. The molecule has 2 aromatic carbocycles. The lowest BCUT2D eigenvalue weighted by Crippen LogP contribution is -2.29. The molecular formula is C18H17NO3S. The number of thioether (sulfide) groups is 1. The minimum absolute atomic E-state index is 0.0658. The molecular weight excluding hydrogens is 310 g/mol. The summed E-state index contributed by atoms with van der Waals surface area (Å²) in [4.78, 5) is 24.6. The first-order valence-corrected chi connectivity index (χ1v) is 8.37. The Bertz CT molecular complexity index is 713. The van der Waals surface area contributed by atoms with Crippen molar-refractivity contribution in [3.05, 3.63) is 65.7 Å². The van der Waals surface area contributed by atoms with E-state index in [-0.39, 0.29) is 17.5 Å².